The van der Waals surface area contributed by atoms with E-state index in [2.05, 4.69) is 15.6 Å². The number of hydrogen-bond donors (Lipinski definition) is 5. The fourth-order valence-electron chi connectivity index (χ4n) is 3.29. The van der Waals surface area contributed by atoms with Crippen molar-refractivity contribution < 1.29 is 10.2 Å². The van der Waals surface area contributed by atoms with Gasteiger partial charge in [-0.2, -0.15) is 11.8 Å². The van der Waals surface area contributed by atoms with Crippen LogP contribution in [0.5, 0.6) is 5.75 Å². The van der Waals surface area contributed by atoms with Gasteiger partial charge in [0.05, 0.1) is 20.8 Å². The molecule has 0 aliphatic heterocycles. The molecule has 5 N–H and O–H groups in total. The van der Waals surface area contributed by atoms with Gasteiger partial charge in [-0.15, -0.1) is 34.0 Å². The van der Waals surface area contributed by atoms with E-state index >= 15 is 0 Å². The molecule has 0 spiro atoms. The molecule has 34 heavy (non-hydrogen) atoms. The summed E-state index contributed by atoms with van der Waals surface area (Å²) in [5, 5.41) is 28.2. The summed E-state index contributed by atoms with van der Waals surface area (Å²) < 4.78 is 0.602. The lowest BCUT2D eigenvalue weighted by Crippen LogP contribution is -2.23. The number of nitrogens with one attached hydrogen (secondary N) is 3. The van der Waals surface area contributed by atoms with E-state index in [1.165, 1.54) is 6.07 Å². The van der Waals surface area contributed by atoms with Gasteiger partial charge in [0.1, 0.15) is 11.3 Å². The van der Waals surface area contributed by atoms with Gasteiger partial charge >= 0.3 is 4.87 Å². The van der Waals surface area contributed by atoms with E-state index in [-0.39, 0.29) is 44.6 Å². The quantitative estimate of drug-likeness (QED) is 0.157. The Morgan fingerprint density at radius 2 is 1.85 bits per heavy atom. The molecule has 2 aromatic carbocycles. The fourth-order valence-corrected chi connectivity index (χ4v) is 5.46. The number of hydrogen-bond acceptors (Lipinski definition) is 7. The molecule has 0 saturated carbocycles. The zero-order valence-electron chi connectivity index (χ0n) is 18.3. The number of aromatic hydroxyl groups is 1. The SMILES string of the molecule is Br.Br.O=c1[nH]c2c(O)ccc([C@@H](O)CNCCCSCCNCCc3cccc(Cl)c3Cl)c2s1. The summed E-state index contributed by atoms with van der Waals surface area (Å²) in [6.45, 7) is 2.99. The highest BCUT2D eigenvalue weighted by molar-refractivity contribution is 8.93. The second kappa shape index (κ2) is 16.4. The van der Waals surface area contributed by atoms with Crippen LogP contribution in [0.1, 0.15) is 23.7 Å². The van der Waals surface area contributed by atoms with Crippen molar-refractivity contribution in [3.05, 3.63) is 61.2 Å². The smallest absolute Gasteiger partial charge is 0.305 e. The minimum absolute atomic E-state index is 0. The van der Waals surface area contributed by atoms with E-state index < -0.39 is 6.10 Å². The van der Waals surface area contributed by atoms with Gasteiger partial charge in [-0.1, -0.05) is 52.7 Å². The normalized spacial score (nSPS) is 11.7. The molecule has 1 heterocycles. The number of benzene rings is 2. The molecule has 0 saturated heterocycles. The topological polar surface area (TPSA) is 97.4 Å². The number of aliphatic hydroxyl groups excluding tert-OH is 1. The number of aromatic nitrogens is 1. The second-order valence-electron chi connectivity index (χ2n) is 7.29. The van der Waals surface area contributed by atoms with Gasteiger partial charge in [-0.25, -0.2) is 0 Å². The molecule has 0 unspecified atom stereocenters. The third-order valence-electron chi connectivity index (χ3n) is 4.95. The van der Waals surface area contributed by atoms with Crippen LogP contribution < -0.4 is 15.5 Å². The largest absolute Gasteiger partial charge is 0.506 e. The predicted octanol–water partition coefficient (Wildman–Crippen LogP) is 5.34. The van der Waals surface area contributed by atoms with Gasteiger partial charge in [-0.05, 0) is 49.4 Å². The van der Waals surface area contributed by atoms with E-state index in [4.69, 9.17) is 23.2 Å². The molecule has 0 bridgehead atoms. The standard InChI is InChI=1S/C22H27Cl2N3O3S2.2BrH/c23-16-4-1-3-14(19(16)24)7-9-25-10-12-31-11-2-8-26-13-18(29)15-5-6-17(28)20-21(15)32-22(30)27-20;;/h1,3-6,18,25-26,28-29H,2,7-13H2,(H,27,30);2*1H/t18-;;/m0../s1. The van der Waals surface area contributed by atoms with E-state index in [0.29, 0.717) is 32.4 Å². The molecule has 12 heteroatoms. The second-order valence-corrected chi connectivity index (χ2v) is 10.3. The Balaban J connectivity index is 0.00000289. The maximum Gasteiger partial charge on any atom is 0.305 e. The Bertz CT molecular complexity index is 1090. The molecular weight excluding hydrogens is 649 g/mol. The Morgan fingerprint density at radius 1 is 1.06 bits per heavy atom. The summed E-state index contributed by atoms with van der Waals surface area (Å²) in [5.74, 6) is 2.08. The number of fused-ring (bicyclic) bond motifs is 1. The van der Waals surface area contributed by atoms with Crippen LogP contribution >= 0.6 is 80.3 Å². The lowest BCUT2D eigenvalue weighted by Gasteiger charge is -2.13. The molecule has 3 aromatic rings. The van der Waals surface area contributed by atoms with E-state index in [1.54, 1.807) is 12.1 Å². The summed E-state index contributed by atoms with van der Waals surface area (Å²) >= 11 is 15.1. The van der Waals surface area contributed by atoms with Crippen molar-refractivity contribution in [1.82, 2.24) is 15.6 Å². The summed E-state index contributed by atoms with van der Waals surface area (Å²) in [5.41, 5.74) is 2.09. The molecule has 0 fully saturated rings. The molecular formula is C22H29Br2Cl2N3O3S2. The van der Waals surface area contributed by atoms with Crippen LogP contribution in [0.3, 0.4) is 0 Å². The summed E-state index contributed by atoms with van der Waals surface area (Å²) in [7, 11) is 0. The first-order valence-electron chi connectivity index (χ1n) is 10.4. The van der Waals surface area contributed by atoms with Gasteiger partial charge in [0, 0.05) is 24.4 Å². The number of thiazole rings is 1. The third-order valence-corrected chi connectivity index (χ3v) is 7.81. The van der Waals surface area contributed by atoms with Gasteiger partial charge in [0.2, 0.25) is 0 Å². The molecule has 0 aliphatic rings. The monoisotopic (exact) mass is 675 g/mol. The zero-order valence-corrected chi connectivity index (χ0v) is 24.9. The van der Waals surface area contributed by atoms with E-state index in [0.717, 1.165) is 60.9 Å². The predicted molar refractivity (Wildman–Crippen MR) is 158 cm³/mol. The first-order chi connectivity index (χ1) is 15.5. The summed E-state index contributed by atoms with van der Waals surface area (Å²) in [4.78, 5) is 13.9. The number of halogens is 4. The maximum absolute atomic E-state index is 11.6. The minimum atomic E-state index is -0.741. The summed E-state index contributed by atoms with van der Waals surface area (Å²) in [6, 6.07) is 8.87. The number of aromatic amines is 1. The highest BCUT2D eigenvalue weighted by Crippen LogP contribution is 2.31. The maximum atomic E-state index is 11.6. The van der Waals surface area contributed by atoms with Crippen LogP contribution in [-0.2, 0) is 6.42 Å². The van der Waals surface area contributed by atoms with Crippen molar-refractivity contribution in [2.45, 2.75) is 18.9 Å². The number of aliphatic hydroxyl groups is 1. The number of thioether (sulfide) groups is 1. The van der Waals surface area contributed by atoms with Crippen LogP contribution in [0.25, 0.3) is 10.2 Å². The lowest BCUT2D eigenvalue weighted by atomic mass is 10.1. The zero-order chi connectivity index (χ0) is 22.9. The average Bonchev–Trinajstić information content (AvgIpc) is 3.17. The van der Waals surface area contributed by atoms with Gasteiger partial charge in [0.15, 0.2) is 0 Å². The first-order valence-corrected chi connectivity index (χ1v) is 13.1. The molecule has 1 aromatic heterocycles. The Morgan fingerprint density at radius 3 is 2.65 bits per heavy atom. The highest BCUT2D eigenvalue weighted by Gasteiger charge is 2.15. The van der Waals surface area contributed by atoms with Gasteiger partial charge in [-0.3, -0.25) is 4.79 Å². The van der Waals surface area contributed by atoms with Crippen molar-refractivity contribution in [3.8, 4) is 5.75 Å². The fraction of sp³-hybridized carbons (Fsp3) is 0.409. The number of rotatable bonds is 13. The number of H-pyrrole nitrogens is 1. The lowest BCUT2D eigenvalue weighted by molar-refractivity contribution is 0.176. The van der Waals surface area contributed by atoms with E-state index in [9.17, 15) is 15.0 Å². The Kier molecular flexibility index (Phi) is 15.3. The van der Waals surface area contributed by atoms with Crippen LogP contribution in [-0.4, -0.2) is 52.9 Å². The Labute approximate surface area is 238 Å². The van der Waals surface area contributed by atoms with Crippen molar-refractivity contribution in [2.75, 3.05) is 37.7 Å². The van der Waals surface area contributed by atoms with Crippen molar-refractivity contribution in [2.24, 2.45) is 0 Å². The van der Waals surface area contributed by atoms with Gasteiger partial charge in [0.25, 0.3) is 0 Å². The highest BCUT2D eigenvalue weighted by atomic mass is 79.9. The third kappa shape index (κ3) is 9.29. The van der Waals surface area contributed by atoms with Crippen LogP contribution in [0.4, 0.5) is 0 Å². The molecule has 0 aliphatic carbocycles. The summed E-state index contributed by atoms with van der Waals surface area (Å²) in [6.07, 6.45) is 1.11. The minimum Gasteiger partial charge on any atom is -0.506 e. The van der Waals surface area contributed by atoms with Crippen LogP contribution in [0.2, 0.25) is 10.0 Å². The Hall–Kier alpha value is -0.300. The van der Waals surface area contributed by atoms with Crippen molar-refractivity contribution >= 4 is 90.5 Å². The van der Waals surface area contributed by atoms with Crippen LogP contribution in [0, 0.1) is 0 Å². The number of phenolic OH excluding ortho intramolecular Hbond substituents is 1. The van der Waals surface area contributed by atoms with Crippen molar-refractivity contribution in [1.29, 1.82) is 0 Å². The molecule has 190 valence electrons. The molecule has 6 nitrogen and oxygen atoms in total. The molecule has 0 amide bonds. The molecule has 0 radical (unpaired) electrons. The van der Waals surface area contributed by atoms with E-state index in [1.807, 2.05) is 23.9 Å². The number of phenols is 1. The van der Waals surface area contributed by atoms with Crippen LogP contribution in [0.15, 0.2) is 35.1 Å². The molecule has 3 rings (SSSR count). The first kappa shape index (κ1) is 31.7. The molecule has 1 atom stereocenters. The average molecular weight is 678 g/mol. The van der Waals surface area contributed by atoms with Crippen molar-refractivity contribution in [3.63, 3.8) is 0 Å². The van der Waals surface area contributed by atoms with Gasteiger partial charge < -0.3 is 25.8 Å².